The number of nitrogens with zero attached hydrogens (tertiary/aromatic N) is 14. The first-order valence-corrected chi connectivity index (χ1v) is 40.3. The molecule has 9 heterocycles. The van der Waals surface area contributed by atoms with E-state index in [1.807, 2.05) is 141 Å². The van der Waals surface area contributed by atoms with Gasteiger partial charge in [-0.3, -0.25) is 15.4 Å². The molecule has 29 nitrogen and oxygen atoms in total. The van der Waals surface area contributed by atoms with E-state index >= 15 is 0 Å². The molecule has 17 rings (SSSR count). The summed E-state index contributed by atoms with van der Waals surface area (Å²) >= 11 is 0. The van der Waals surface area contributed by atoms with Crippen LogP contribution in [0.4, 0.5) is 35.2 Å². The van der Waals surface area contributed by atoms with Crippen molar-refractivity contribution in [1.82, 2.24) is 47.9 Å². The molecule has 1 amide bonds. The minimum absolute atomic E-state index is 0.0770. The number of fused-ring (bicyclic) bond motifs is 6. The summed E-state index contributed by atoms with van der Waals surface area (Å²) in [5, 5.41) is 63.7. The summed E-state index contributed by atoms with van der Waals surface area (Å²) in [5.74, 6) is 6.01. The van der Waals surface area contributed by atoms with Crippen LogP contribution in [0.1, 0.15) is 78.0 Å². The average molecular weight is 1710 g/mol. The van der Waals surface area contributed by atoms with Crippen LogP contribution in [0.15, 0.2) is 214 Å². The Labute approximate surface area is 721 Å². The fourth-order valence-electron chi connectivity index (χ4n) is 14.9. The minimum atomic E-state index is -4.74. The van der Waals surface area contributed by atoms with E-state index in [1.54, 1.807) is 65.6 Å². The molecule has 126 heavy (non-hydrogen) atoms. The minimum Gasteiger partial charge on any atom is -0.497 e. The fourth-order valence-corrected chi connectivity index (χ4v) is 14.9. The Kier molecular flexibility index (Phi) is 28.5. The third kappa shape index (κ3) is 19.1. The molecule has 646 valence electrons. The number of ether oxygens (including phenoxy) is 7. The second-order valence-electron chi connectivity index (χ2n) is 27.8. The molecule has 0 atom stereocenters. The molecule has 0 saturated heterocycles. The van der Waals surface area contributed by atoms with Crippen molar-refractivity contribution in [3.63, 3.8) is 0 Å². The highest BCUT2D eigenvalue weighted by Gasteiger charge is 2.32. The van der Waals surface area contributed by atoms with Gasteiger partial charge in [-0.25, -0.2) is 4.79 Å². The number of alkyl halides is 3. The van der Waals surface area contributed by atoms with Crippen molar-refractivity contribution < 1.29 is 69.5 Å². The summed E-state index contributed by atoms with van der Waals surface area (Å²) in [6, 6.07) is 57.0. The van der Waals surface area contributed by atoms with Crippen LogP contribution < -0.4 is 39.5 Å². The maximum absolute atomic E-state index is 12.3. The largest absolute Gasteiger partial charge is 0.573 e. The fraction of sp³-hybridized carbons (Fsp3) is 0.234. The number of carbonyl (C=O) groups excluding carboxylic acids is 1. The molecule has 0 fully saturated rings. The maximum atomic E-state index is 12.3. The van der Waals surface area contributed by atoms with E-state index in [9.17, 15) is 43.9 Å². The zero-order valence-corrected chi connectivity index (χ0v) is 71.5. The quantitative estimate of drug-likeness (QED) is 0.0383. The van der Waals surface area contributed by atoms with Gasteiger partial charge in [0.1, 0.15) is 76.0 Å². The zero-order valence-electron chi connectivity index (χ0n) is 71.5. The van der Waals surface area contributed by atoms with E-state index in [0.717, 1.165) is 150 Å². The van der Waals surface area contributed by atoms with Gasteiger partial charge in [0.25, 0.3) is 5.69 Å². The highest BCUT2D eigenvalue weighted by atomic mass is 19.4. The van der Waals surface area contributed by atoms with Crippen LogP contribution in [-0.4, -0.2) is 107 Å². The Morgan fingerprint density at radius 1 is 0.508 bits per heavy atom. The molecule has 3 N–H and O–H groups in total. The summed E-state index contributed by atoms with van der Waals surface area (Å²) in [6.45, 7) is 20.5. The van der Waals surface area contributed by atoms with Crippen molar-refractivity contribution >= 4 is 88.7 Å². The summed E-state index contributed by atoms with van der Waals surface area (Å²) in [7, 11) is 8.24. The van der Waals surface area contributed by atoms with Gasteiger partial charge in [0, 0.05) is 168 Å². The lowest BCUT2D eigenvalue weighted by Gasteiger charge is -2.11. The van der Waals surface area contributed by atoms with E-state index in [1.165, 1.54) is 42.5 Å². The number of amides is 1. The number of nitro benzene ring substituents is 1. The molecule has 17 aromatic rings. The molecule has 0 spiro atoms. The maximum Gasteiger partial charge on any atom is 0.573 e. The van der Waals surface area contributed by atoms with Gasteiger partial charge in [-0.2, -0.15) is 15.8 Å². The number of aromatic nitrogens is 10. The Balaban J connectivity index is 0.000000138. The molecule has 0 aliphatic carbocycles. The van der Waals surface area contributed by atoms with Crippen molar-refractivity contribution in [2.75, 3.05) is 53.2 Å². The molecule has 8 aromatic carbocycles. The van der Waals surface area contributed by atoms with Crippen molar-refractivity contribution in [1.29, 1.82) is 15.8 Å². The number of rotatable bonds is 21. The first-order valence-electron chi connectivity index (χ1n) is 40.3. The molecule has 32 heteroatoms. The van der Waals surface area contributed by atoms with Crippen molar-refractivity contribution in [2.24, 2.45) is 0 Å². The Bertz CT molecular complexity index is 6710. The highest BCUT2D eigenvalue weighted by molar-refractivity contribution is 6.01. The number of hydrogen-bond donors (Lipinski definition) is 2. The van der Waals surface area contributed by atoms with E-state index in [-0.39, 0.29) is 29.4 Å². The summed E-state index contributed by atoms with van der Waals surface area (Å²) in [5.41, 5.74) is 20.7. The third-order valence-electron chi connectivity index (χ3n) is 20.8. The number of methoxy groups -OCH3 is 5. The summed E-state index contributed by atoms with van der Waals surface area (Å²) < 4.78 is 100. The lowest BCUT2D eigenvalue weighted by Crippen LogP contribution is -2.16. The smallest absolute Gasteiger partial charge is 0.497 e. The van der Waals surface area contributed by atoms with Crippen LogP contribution in [0.25, 0.3) is 122 Å². The van der Waals surface area contributed by atoms with E-state index in [2.05, 4.69) is 119 Å². The Morgan fingerprint density at radius 2 is 0.937 bits per heavy atom. The number of nitrogens with one attached hydrogen (secondary N) is 1. The van der Waals surface area contributed by atoms with Gasteiger partial charge in [-0.05, 0) is 163 Å². The number of nitriles is 3. The number of benzene rings is 8. The number of carbonyl (C=O) groups is 1. The van der Waals surface area contributed by atoms with Gasteiger partial charge >= 0.3 is 12.5 Å². The summed E-state index contributed by atoms with van der Waals surface area (Å²) in [6.07, 6.45) is 4.82. The number of aryl methyl sites for hydroxylation is 7. The number of non-ortho nitro benzene ring substituents is 1. The number of nitro groups is 1. The zero-order chi connectivity index (χ0) is 90.0. The van der Waals surface area contributed by atoms with Crippen LogP contribution in [0.5, 0.6) is 34.5 Å². The SMILES string of the molecule is CCOC(=O)Nc1c(C#N)c2ccc([N+](=O)[O-])cc2n1CC.CCc1nnc(-c2cn(CC)c3cc(OC)ccc23)o1.CCn1c(-c2ccc(N)cc2)c(C#N)c2ccc(OC)cc21.CCn1c(-c2ccc(OC(F)(F)F)cc2)c(C#N)c2ccc(OC)cc21.CCn1cc(-c2ccno2)c2ccc(OC)cc21.CCn1cc(-c2ccon2)c2ccc(OC)cc21. The number of nitrogen functional groups attached to an aromatic ring is 1. The van der Waals surface area contributed by atoms with Crippen molar-refractivity contribution in [3.05, 3.63) is 234 Å². The van der Waals surface area contributed by atoms with Gasteiger partial charge in [0.05, 0.1) is 114 Å². The first-order chi connectivity index (χ1) is 61.0. The molecular formula is C94H91F3N16O13. The average Bonchev–Trinajstić information content (AvgIpc) is 1.61. The van der Waals surface area contributed by atoms with Gasteiger partial charge in [-0.1, -0.05) is 29.4 Å². The van der Waals surface area contributed by atoms with Crippen LogP contribution in [-0.2, 0) is 50.4 Å². The van der Waals surface area contributed by atoms with Crippen LogP contribution in [0.2, 0.25) is 0 Å². The summed E-state index contributed by atoms with van der Waals surface area (Å²) in [4.78, 5) is 22.0. The lowest BCUT2D eigenvalue weighted by atomic mass is 10.1. The van der Waals surface area contributed by atoms with Crippen molar-refractivity contribution in [2.45, 2.75) is 107 Å². The van der Waals surface area contributed by atoms with Crippen LogP contribution >= 0.6 is 0 Å². The molecule has 0 aliphatic heterocycles. The molecule has 0 unspecified atom stereocenters. The van der Waals surface area contributed by atoms with E-state index < -0.39 is 17.4 Å². The van der Waals surface area contributed by atoms with Gasteiger partial charge in [-0.15, -0.1) is 23.4 Å². The molecule has 0 bridgehead atoms. The Hall–Kier alpha value is -15.9. The van der Waals surface area contributed by atoms with Gasteiger partial charge in [0.2, 0.25) is 11.8 Å². The monoisotopic (exact) mass is 1710 g/mol. The number of halogens is 3. The number of hydrogen-bond acceptors (Lipinski definition) is 21. The molecular weight excluding hydrogens is 1620 g/mol. The van der Waals surface area contributed by atoms with E-state index in [4.69, 9.17) is 47.6 Å². The highest BCUT2D eigenvalue weighted by Crippen LogP contribution is 2.41. The van der Waals surface area contributed by atoms with Gasteiger partial charge < -0.3 is 79.8 Å². The number of nitrogens with two attached hydrogens (primary N) is 1. The predicted octanol–water partition coefficient (Wildman–Crippen LogP) is 21.8. The molecule has 9 aromatic heterocycles. The molecule has 0 saturated carbocycles. The third-order valence-corrected chi connectivity index (χ3v) is 20.8. The second kappa shape index (κ2) is 40.2. The Morgan fingerprint density at radius 3 is 1.35 bits per heavy atom. The standard InChI is InChI=1S/C19H15F3N2O2.C18H17N3O.C15H17N3O2.C14H14N4O4.2C14H14N2O2/c1-3-24-17-10-14(25-2)8-9-15(17)16(11-23)18(24)12-4-6-13(7-5-12)26-19(20,21)22;1-3-21-17-10-14(22-2)8-9-15(17)16(11-19)18(21)12-4-6-13(20)7-5-12;1-4-14-16-17-15(20-14)12-9-18(5-2)13-8-10(19-3)6-7-11(12)13;1-3-17-12-7-9(18(20)21)5-6-10(12)11(8-15)13(17)16-14(19)22-4-2;1-3-16-9-12(14-6-7-15-18-14)11-5-4-10(17-2)8-13(11)16;1-3-16-9-12(13-6-7-18-15-13)11-5-4-10(17-2)8-14(11)16/h4-10H,3H2,1-2H3;4-10H,3,20H2,1-2H3;6-9H,4-5H2,1-3H3;5-7H,3-4H2,1-2H3,(H,16,19);2*4-9H,3H2,1-2H3. The topological polar surface area (TPSA) is 355 Å². The van der Waals surface area contributed by atoms with Crippen LogP contribution in [0, 0.1) is 44.1 Å². The second-order valence-corrected chi connectivity index (χ2v) is 27.8. The molecule has 0 aliphatic rings. The van der Waals surface area contributed by atoms with E-state index in [0.29, 0.717) is 69.6 Å². The lowest BCUT2D eigenvalue weighted by molar-refractivity contribution is -0.384. The van der Waals surface area contributed by atoms with Gasteiger partial charge in [0.15, 0.2) is 5.76 Å². The predicted molar refractivity (Wildman–Crippen MR) is 476 cm³/mol. The first kappa shape index (κ1) is 89.4. The normalized spacial score (nSPS) is 10.9. The van der Waals surface area contributed by atoms with Crippen LogP contribution in [0.3, 0.4) is 0 Å². The van der Waals surface area contributed by atoms with Crippen molar-refractivity contribution in [3.8, 4) is 109 Å². The number of anilines is 2. The molecule has 0 radical (unpaired) electrons.